The number of carbonyl (C=O) groups is 2. The molecule has 26 heavy (non-hydrogen) atoms. The van der Waals surface area contributed by atoms with Crippen LogP contribution in [0.3, 0.4) is 0 Å². The van der Waals surface area contributed by atoms with Crippen molar-refractivity contribution in [2.45, 2.75) is 18.7 Å². The van der Waals surface area contributed by atoms with Crippen LogP contribution in [0.15, 0.2) is 29.2 Å². The second kappa shape index (κ2) is 9.11. The fourth-order valence-corrected chi connectivity index (χ4v) is 3.77. The molecule has 2 rings (SSSR count). The van der Waals surface area contributed by atoms with Gasteiger partial charge in [0.2, 0.25) is 15.9 Å². The van der Waals surface area contributed by atoms with Gasteiger partial charge in [-0.15, -0.1) is 0 Å². The van der Waals surface area contributed by atoms with Gasteiger partial charge in [0.05, 0.1) is 24.7 Å². The van der Waals surface area contributed by atoms with Crippen LogP contribution >= 0.6 is 0 Å². The lowest BCUT2D eigenvalue weighted by Gasteiger charge is -2.26. The van der Waals surface area contributed by atoms with Gasteiger partial charge in [-0.2, -0.15) is 4.31 Å². The van der Waals surface area contributed by atoms with Gasteiger partial charge in [-0.3, -0.25) is 9.59 Å². The first-order valence-corrected chi connectivity index (χ1v) is 9.97. The van der Waals surface area contributed by atoms with Crippen molar-refractivity contribution in [3.05, 3.63) is 29.8 Å². The molecule has 0 radical (unpaired) electrons. The van der Waals surface area contributed by atoms with Crippen LogP contribution < -0.4 is 10.6 Å². The second-order valence-corrected chi connectivity index (χ2v) is 8.36. The first-order valence-electron chi connectivity index (χ1n) is 8.53. The summed E-state index contributed by atoms with van der Waals surface area (Å²) in [5.41, 5.74) is 0.294. The van der Waals surface area contributed by atoms with E-state index in [1.165, 1.54) is 28.6 Å². The van der Waals surface area contributed by atoms with Gasteiger partial charge in [0, 0.05) is 25.2 Å². The van der Waals surface area contributed by atoms with Gasteiger partial charge < -0.3 is 15.4 Å². The highest BCUT2D eigenvalue weighted by atomic mass is 32.2. The van der Waals surface area contributed by atoms with Crippen LogP contribution in [0.2, 0.25) is 0 Å². The number of carbonyl (C=O) groups excluding carboxylic acids is 2. The molecule has 0 unspecified atom stereocenters. The van der Waals surface area contributed by atoms with Crippen LogP contribution in [0.1, 0.15) is 24.2 Å². The number of nitrogens with zero attached hydrogens (tertiary/aromatic N) is 1. The van der Waals surface area contributed by atoms with Crippen LogP contribution in [0.5, 0.6) is 0 Å². The molecular formula is C17H25N3O5S. The van der Waals surface area contributed by atoms with Gasteiger partial charge in [0.25, 0.3) is 5.91 Å². The Morgan fingerprint density at radius 2 is 1.73 bits per heavy atom. The molecule has 0 bridgehead atoms. The minimum absolute atomic E-state index is 0.126. The van der Waals surface area contributed by atoms with Crippen LogP contribution in [0.4, 0.5) is 0 Å². The quantitative estimate of drug-likeness (QED) is 0.700. The van der Waals surface area contributed by atoms with E-state index in [9.17, 15) is 18.0 Å². The fourth-order valence-electron chi connectivity index (χ4n) is 2.36. The summed E-state index contributed by atoms with van der Waals surface area (Å²) in [4.78, 5) is 23.8. The smallest absolute Gasteiger partial charge is 0.251 e. The highest BCUT2D eigenvalue weighted by molar-refractivity contribution is 7.89. The highest BCUT2D eigenvalue weighted by Gasteiger charge is 2.26. The summed E-state index contributed by atoms with van der Waals surface area (Å²) in [5.74, 6) is -0.366. The topological polar surface area (TPSA) is 105 Å². The van der Waals surface area contributed by atoms with Gasteiger partial charge in [-0.05, 0) is 30.2 Å². The molecule has 2 N–H and O–H groups in total. The lowest BCUT2D eigenvalue weighted by Crippen LogP contribution is -2.40. The van der Waals surface area contributed by atoms with Crippen molar-refractivity contribution < 1.29 is 22.7 Å². The van der Waals surface area contributed by atoms with Gasteiger partial charge in [0.15, 0.2) is 0 Å². The largest absolute Gasteiger partial charge is 0.379 e. The van der Waals surface area contributed by atoms with Crippen molar-refractivity contribution in [3.63, 3.8) is 0 Å². The minimum atomic E-state index is -3.59. The molecule has 0 aromatic heterocycles. The maximum Gasteiger partial charge on any atom is 0.251 e. The number of hydrogen-bond donors (Lipinski definition) is 2. The first kappa shape index (κ1) is 20.3. The van der Waals surface area contributed by atoms with E-state index in [0.717, 1.165) is 0 Å². The molecule has 2 amide bonds. The Hall–Kier alpha value is -1.97. The molecule has 0 spiro atoms. The van der Waals surface area contributed by atoms with Crippen molar-refractivity contribution in [2.75, 3.05) is 39.4 Å². The molecule has 9 heteroatoms. The summed E-state index contributed by atoms with van der Waals surface area (Å²) in [6, 6.07) is 5.68. The average molecular weight is 383 g/mol. The van der Waals surface area contributed by atoms with E-state index in [4.69, 9.17) is 4.74 Å². The minimum Gasteiger partial charge on any atom is -0.379 e. The Kier molecular flexibility index (Phi) is 7.13. The van der Waals surface area contributed by atoms with Crippen molar-refractivity contribution in [2.24, 2.45) is 5.92 Å². The Morgan fingerprint density at radius 1 is 1.12 bits per heavy atom. The lowest BCUT2D eigenvalue weighted by atomic mass is 10.2. The molecule has 8 nitrogen and oxygen atoms in total. The summed E-state index contributed by atoms with van der Waals surface area (Å²) in [5, 5.41) is 5.22. The van der Waals surface area contributed by atoms with E-state index in [-0.39, 0.29) is 17.3 Å². The number of ether oxygens (including phenoxy) is 1. The summed E-state index contributed by atoms with van der Waals surface area (Å²) in [6.45, 7) is 5.75. The van der Waals surface area contributed by atoms with Crippen molar-refractivity contribution >= 4 is 21.8 Å². The van der Waals surface area contributed by atoms with Crippen LogP contribution in [0.25, 0.3) is 0 Å². The van der Waals surface area contributed by atoms with E-state index < -0.39 is 15.9 Å². The van der Waals surface area contributed by atoms with Gasteiger partial charge >= 0.3 is 0 Å². The zero-order valence-electron chi connectivity index (χ0n) is 15.0. The number of morpholine rings is 1. The lowest BCUT2D eigenvalue weighted by molar-refractivity contribution is -0.120. The monoisotopic (exact) mass is 383 g/mol. The maximum absolute atomic E-state index is 12.5. The molecule has 0 aliphatic carbocycles. The van der Waals surface area contributed by atoms with Gasteiger partial charge in [-0.25, -0.2) is 8.42 Å². The van der Waals surface area contributed by atoms with Crippen molar-refractivity contribution in [3.8, 4) is 0 Å². The molecule has 144 valence electrons. The summed E-state index contributed by atoms with van der Waals surface area (Å²) in [7, 11) is -3.59. The molecule has 0 atom stereocenters. The van der Waals surface area contributed by atoms with Crippen LogP contribution in [0, 0.1) is 5.92 Å². The number of amides is 2. The van der Waals surface area contributed by atoms with Gasteiger partial charge in [0.1, 0.15) is 0 Å². The Morgan fingerprint density at radius 3 is 2.31 bits per heavy atom. The molecule has 1 aliphatic rings. The third kappa shape index (κ3) is 5.52. The fraction of sp³-hybridized carbons (Fsp3) is 0.529. The predicted molar refractivity (Wildman–Crippen MR) is 96.2 cm³/mol. The highest BCUT2D eigenvalue weighted by Crippen LogP contribution is 2.17. The van der Waals surface area contributed by atoms with Crippen LogP contribution in [-0.4, -0.2) is 63.9 Å². The van der Waals surface area contributed by atoms with E-state index >= 15 is 0 Å². The maximum atomic E-state index is 12.5. The van der Waals surface area contributed by atoms with Crippen LogP contribution in [-0.2, 0) is 19.6 Å². The molecule has 1 aromatic rings. The Bertz CT molecular complexity index is 725. The number of benzene rings is 1. The molecule has 1 saturated heterocycles. The second-order valence-electron chi connectivity index (χ2n) is 6.42. The molecule has 1 aliphatic heterocycles. The normalized spacial score (nSPS) is 15.7. The summed E-state index contributed by atoms with van der Waals surface area (Å²) >= 11 is 0. The number of sulfonamides is 1. The third-order valence-corrected chi connectivity index (χ3v) is 5.75. The van der Waals surface area contributed by atoms with E-state index in [2.05, 4.69) is 10.6 Å². The predicted octanol–water partition coefficient (Wildman–Crippen LogP) is 0.210. The summed E-state index contributed by atoms with van der Waals surface area (Å²) < 4.78 is 31.6. The standard InChI is InChI=1S/C17H25N3O5S/c1-13(2)11-18-16(21)12-19-17(22)14-3-5-15(6-4-14)26(23,24)20-7-9-25-10-8-20/h3-6,13H,7-12H2,1-2H3,(H,18,21)(H,19,22). The Balaban J connectivity index is 1.93. The molecule has 1 heterocycles. The Labute approximate surface area is 153 Å². The van der Waals surface area contributed by atoms with Crippen molar-refractivity contribution in [1.29, 1.82) is 0 Å². The van der Waals surface area contributed by atoms with E-state index in [1.54, 1.807) is 0 Å². The number of nitrogens with one attached hydrogen (secondary N) is 2. The summed E-state index contributed by atoms with van der Waals surface area (Å²) in [6.07, 6.45) is 0. The molecule has 1 aromatic carbocycles. The number of rotatable bonds is 7. The SMILES string of the molecule is CC(C)CNC(=O)CNC(=O)c1ccc(S(=O)(=O)N2CCOCC2)cc1. The van der Waals surface area contributed by atoms with E-state index in [0.29, 0.717) is 44.3 Å². The molecular weight excluding hydrogens is 358 g/mol. The third-order valence-electron chi connectivity index (χ3n) is 3.84. The average Bonchev–Trinajstić information content (AvgIpc) is 2.65. The molecule has 1 fully saturated rings. The van der Waals surface area contributed by atoms with E-state index in [1.807, 2.05) is 13.8 Å². The number of hydrogen-bond acceptors (Lipinski definition) is 5. The zero-order valence-corrected chi connectivity index (χ0v) is 15.8. The molecule has 0 saturated carbocycles. The first-order chi connectivity index (χ1) is 12.3. The zero-order chi connectivity index (χ0) is 19.2. The van der Waals surface area contributed by atoms with Crippen molar-refractivity contribution in [1.82, 2.24) is 14.9 Å². The van der Waals surface area contributed by atoms with Gasteiger partial charge in [-0.1, -0.05) is 13.8 Å².